The molecule has 0 aromatic heterocycles. The highest BCUT2D eigenvalue weighted by molar-refractivity contribution is 6.31. The Morgan fingerprint density at radius 2 is 1.90 bits per heavy atom. The standard InChI is InChI=1S/C17H28ClNO2/c1-14(2)19-13-15(9-12-21-11-6-10-20-3)16-7-4-5-8-17(16)18/h4-5,7-8,14-15,19H,6,9-13H2,1-3H3. The second-order valence-electron chi connectivity index (χ2n) is 5.53. The van der Waals surface area contributed by atoms with Gasteiger partial charge in [0.2, 0.25) is 0 Å². The normalized spacial score (nSPS) is 12.8. The first-order chi connectivity index (χ1) is 10.1. The van der Waals surface area contributed by atoms with Crippen LogP contribution in [-0.2, 0) is 9.47 Å². The second kappa shape index (κ2) is 11.0. The number of halogens is 1. The Labute approximate surface area is 134 Å². The average Bonchev–Trinajstić information content (AvgIpc) is 2.46. The number of ether oxygens (including phenoxy) is 2. The molecule has 1 N–H and O–H groups in total. The lowest BCUT2D eigenvalue weighted by molar-refractivity contribution is 0.0979. The van der Waals surface area contributed by atoms with Crippen LogP contribution in [0.25, 0.3) is 0 Å². The van der Waals surface area contributed by atoms with Gasteiger partial charge >= 0.3 is 0 Å². The number of nitrogens with one attached hydrogen (secondary N) is 1. The lowest BCUT2D eigenvalue weighted by atomic mass is 9.95. The SMILES string of the molecule is COCCCOCCC(CNC(C)C)c1ccccc1Cl. The van der Waals surface area contributed by atoms with E-state index in [9.17, 15) is 0 Å². The van der Waals surface area contributed by atoms with E-state index in [-0.39, 0.29) is 0 Å². The van der Waals surface area contributed by atoms with E-state index in [1.807, 2.05) is 18.2 Å². The Kier molecular flexibility index (Phi) is 9.68. The summed E-state index contributed by atoms with van der Waals surface area (Å²) in [6.07, 6.45) is 1.91. The van der Waals surface area contributed by atoms with Crippen molar-refractivity contribution in [1.29, 1.82) is 0 Å². The smallest absolute Gasteiger partial charge is 0.0487 e. The van der Waals surface area contributed by atoms with Crippen molar-refractivity contribution in [3.63, 3.8) is 0 Å². The van der Waals surface area contributed by atoms with Crippen LogP contribution >= 0.6 is 11.6 Å². The first-order valence-corrected chi connectivity index (χ1v) is 8.07. The summed E-state index contributed by atoms with van der Waals surface area (Å²) >= 11 is 6.33. The minimum atomic E-state index is 0.378. The van der Waals surface area contributed by atoms with Crippen LogP contribution < -0.4 is 5.32 Å². The van der Waals surface area contributed by atoms with Gasteiger partial charge in [-0.15, -0.1) is 0 Å². The van der Waals surface area contributed by atoms with Crippen LogP contribution in [0, 0.1) is 0 Å². The maximum absolute atomic E-state index is 6.33. The summed E-state index contributed by atoms with van der Waals surface area (Å²) in [5, 5.41) is 4.34. The van der Waals surface area contributed by atoms with E-state index in [4.69, 9.17) is 21.1 Å². The van der Waals surface area contributed by atoms with E-state index in [0.29, 0.717) is 12.0 Å². The fraction of sp³-hybridized carbons (Fsp3) is 0.647. The molecule has 0 bridgehead atoms. The molecule has 0 saturated heterocycles. The number of methoxy groups -OCH3 is 1. The molecular formula is C17H28ClNO2. The molecule has 3 nitrogen and oxygen atoms in total. The van der Waals surface area contributed by atoms with Crippen LogP contribution in [0.3, 0.4) is 0 Å². The van der Waals surface area contributed by atoms with E-state index in [0.717, 1.165) is 44.2 Å². The number of benzene rings is 1. The van der Waals surface area contributed by atoms with E-state index >= 15 is 0 Å². The van der Waals surface area contributed by atoms with Crippen LogP contribution in [0.4, 0.5) is 0 Å². The van der Waals surface area contributed by atoms with Crippen LogP contribution in [-0.4, -0.2) is 39.5 Å². The highest BCUT2D eigenvalue weighted by Crippen LogP contribution is 2.26. The van der Waals surface area contributed by atoms with Crippen molar-refractivity contribution in [2.24, 2.45) is 0 Å². The van der Waals surface area contributed by atoms with Gasteiger partial charge in [0.15, 0.2) is 0 Å². The van der Waals surface area contributed by atoms with Gasteiger partial charge < -0.3 is 14.8 Å². The van der Waals surface area contributed by atoms with E-state index in [1.165, 1.54) is 5.56 Å². The molecule has 1 unspecified atom stereocenters. The Bertz CT molecular complexity index is 385. The third-order valence-electron chi connectivity index (χ3n) is 3.37. The van der Waals surface area contributed by atoms with E-state index in [1.54, 1.807) is 7.11 Å². The van der Waals surface area contributed by atoms with Gasteiger partial charge in [0.25, 0.3) is 0 Å². The minimum absolute atomic E-state index is 0.378. The van der Waals surface area contributed by atoms with Crippen LogP contribution in [0.5, 0.6) is 0 Å². The van der Waals surface area contributed by atoms with Gasteiger partial charge in [-0.25, -0.2) is 0 Å². The van der Waals surface area contributed by atoms with E-state index < -0.39 is 0 Å². The Hall–Kier alpha value is -0.610. The molecule has 0 fully saturated rings. The van der Waals surface area contributed by atoms with Crippen molar-refractivity contribution in [1.82, 2.24) is 5.32 Å². The Morgan fingerprint density at radius 3 is 2.57 bits per heavy atom. The van der Waals surface area contributed by atoms with Gasteiger partial charge in [-0.2, -0.15) is 0 Å². The van der Waals surface area contributed by atoms with E-state index in [2.05, 4.69) is 25.2 Å². The van der Waals surface area contributed by atoms with Crippen molar-refractivity contribution in [2.45, 2.75) is 38.6 Å². The lowest BCUT2D eigenvalue weighted by Gasteiger charge is -2.21. The third kappa shape index (κ3) is 7.82. The summed E-state index contributed by atoms with van der Waals surface area (Å²) in [4.78, 5) is 0. The van der Waals surface area contributed by atoms with Crippen molar-refractivity contribution in [2.75, 3.05) is 33.5 Å². The molecule has 0 heterocycles. The zero-order chi connectivity index (χ0) is 15.5. The Balaban J connectivity index is 2.47. The van der Waals surface area contributed by atoms with Gasteiger partial charge in [0.05, 0.1) is 0 Å². The topological polar surface area (TPSA) is 30.5 Å². The fourth-order valence-electron chi connectivity index (χ4n) is 2.18. The van der Waals surface area contributed by atoms with Crippen LogP contribution in [0.2, 0.25) is 5.02 Å². The number of hydrogen-bond donors (Lipinski definition) is 1. The molecule has 4 heteroatoms. The lowest BCUT2D eigenvalue weighted by Crippen LogP contribution is -2.28. The summed E-state index contributed by atoms with van der Waals surface area (Å²) < 4.78 is 10.7. The van der Waals surface area contributed by atoms with Crippen molar-refractivity contribution >= 4 is 11.6 Å². The van der Waals surface area contributed by atoms with Crippen molar-refractivity contribution in [3.05, 3.63) is 34.9 Å². The summed E-state index contributed by atoms with van der Waals surface area (Å²) in [6.45, 7) is 7.49. The quantitative estimate of drug-likeness (QED) is 0.629. The maximum Gasteiger partial charge on any atom is 0.0487 e. The van der Waals surface area contributed by atoms with Crippen LogP contribution in [0.1, 0.15) is 38.2 Å². The monoisotopic (exact) mass is 313 g/mol. The molecule has 0 aliphatic rings. The zero-order valence-corrected chi connectivity index (χ0v) is 14.2. The second-order valence-corrected chi connectivity index (χ2v) is 5.94. The van der Waals surface area contributed by atoms with Gasteiger partial charge in [-0.1, -0.05) is 43.6 Å². The predicted octanol–water partition coefficient (Wildman–Crippen LogP) is 3.86. The molecule has 1 aromatic rings. The maximum atomic E-state index is 6.33. The highest BCUT2D eigenvalue weighted by Gasteiger charge is 2.14. The molecule has 1 rings (SSSR count). The molecule has 21 heavy (non-hydrogen) atoms. The molecule has 0 aliphatic heterocycles. The van der Waals surface area contributed by atoms with Crippen molar-refractivity contribution in [3.8, 4) is 0 Å². The highest BCUT2D eigenvalue weighted by atomic mass is 35.5. The molecule has 0 amide bonds. The average molecular weight is 314 g/mol. The van der Waals surface area contributed by atoms with Gasteiger partial charge in [0.1, 0.15) is 0 Å². The van der Waals surface area contributed by atoms with Crippen molar-refractivity contribution < 1.29 is 9.47 Å². The van der Waals surface area contributed by atoms with Gasteiger partial charge in [-0.3, -0.25) is 0 Å². The summed E-state index contributed by atoms with van der Waals surface area (Å²) in [5.41, 5.74) is 1.20. The molecular weight excluding hydrogens is 286 g/mol. The molecule has 120 valence electrons. The molecule has 0 saturated carbocycles. The predicted molar refractivity (Wildman–Crippen MR) is 89.3 cm³/mol. The van der Waals surface area contributed by atoms with Gasteiger partial charge in [-0.05, 0) is 24.5 Å². The summed E-state index contributed by atoms with van der Waals surface area (Å²) in [6, 6.07) is 8.56. The zero-order valence-electron chi connectivity index (χ0n) is 13.4. The van der Waals surface area contributed by atoms with Crippen LogP contribution in [0.15, 0.2) is 24.3 Å². The first-order valence-electron chi connectivity index (χ1n) is 7.69. The number of hydrogen-bond acceptors (Lipinski definition) is 3. The largest absolute Gasteiger partial charge is 0.385 e. The minimum Gasteiger partial charge on any atom is -0.385 e. The van der Waals surface area contributed by atoms with Gasteiger partial charge in [0, 0.05) is 50.5 Å². The third-order valence-corrected chi connectivity index (χ3v) is 3.71. The molecule has 0 aliphatic carbocycles. The molecule has 0 radical (unpaired) electrons. The Morgan fingerprint density at radius 1 is 1.14 bits per heavy atom. The summed E-state index contributed by atoms with van der Waals surface area (Å²) in [7, 11) is 1.71. The molecule has 1 atom stereocenters. The molecule has 0 spiro atoms. The summed E-state index contributed by atoms with van der Waals surface area (Å²) in [5.74, 6) is 0.378. The fourth-order valence-corrected chi connectivity index (χ4v) is 2.47. The molecule has 1 aromatic carbocycles. The first kappa shape index (κ1) is 18.4. The number of rotatable bonds is 11.